The van der Waals surface area contributed by atoms with Gasteiger partial charge in [-0.3, -0.25) is 0 Å². The lowest BCUT2D eigenvalue weighted by molar-refractivity contribution is 0.0996. The van der Waals surface area contributed by atoms with E-state index in [1.807, 2.05) is 49.4 Å². The molecule has 0 amide bonds. The Morgan fingerprint density at radius 1 is 1.09 bits per heavy atom. The molecule has 0 aliphatic carbocycles. The number of para-hydroxylation sites is 1. The second-order valence-electron chi connectivity index (χ2n) is 8.16. The van der Waals surface area contributed by atoms with E-state index in [1.54, 1.807) is 12.1 Å². The molecule has 1 heterocycles. The van der Waals surface area contributed by atoms with Crippen LogP contribution in [0, 0.1) is 6.92 Å². The Kier molecular flexibility index (Phi) is 7.90. The first-order valence-electron chi connectivity index (χ1n) is 10.8. The van der Waals surface area contributed by atoms with Crippen molar-refractivity contribution in [2.75, 3.05) is 26.1 Å². The van der Waals surface area contributed by atoms with Crippen LogP contribution in [0.2, 0.25) is 0 Å². The first kappa shape index (κ1) is 24.2. The minimum atomic E-state index is -3.26. The Morgan fingerprint density at radius 3 is 2.31 bits per heavy atom. The Hall–Kier alpha value is -2.45. The lowest BCUT2D eigenvalue weighted by Gasteiger charge is -2.21. The lowest BCUT2D eigenvalue weighted by atomic mass is 9.93. The molecule has 0 aliphatic heterocycles. The van der Waals surface area contributed by atoms with Crippen LogP contribution >= 0.6 is 0 Å². The summed E-state index contributed by atoms with van der Waals surface area (Å²) in [7, 11) is -3.26. The van der Waals surface area contributed by atoms with Crippen molar-refractivity contribution in [2.45, 2.75) is 37.1 Å². The zero-order valence-electron chi connectivity index (χ0n) is 18.9. The summed E-state index contributed by atoms with van der Waals surface area (Å²) in [5.74, 6) is -0.0207. The fraction of sp³-hybridized carbons (Fsp3) is 0.360. The number of aliphatic hydroxyl groups excluding tert-OH is 1. The molecule has 0 radical (unpaired) electrons. The molecule has 3 aromatic rings. The maximum Gasteiger partial charge on any atom is 0.175 e. The van der Waals surface area contributed by atoms with Gasteiger partial charge in [0.1, 0.15) is 0 Å². The topological polar surface area (TPSA) is 94.6 Å². The average Bonchev–Trinajstić information content (AvgIpc) is 3.10. The highest BCUT2D eigenvalue weighted by Crippen LogP contribution is 2.34. The predicted octanol–water partition coefficient (Wildman–Crippen LogP) is 3.69. The van der Waals surface area contributed by atoms with Crippen molar-refractivity contribution in [3.05, 3.63) is 71.9 Å². The SMILES string of the molecule is Cc1c(C(COCCCO)C(C)N)cc(-c2ccc(S(C)(=O)=O)cc2)n1-c1ccccc1. The summed E-state index contributed by atoms with van der Waals surface area (Å²) >= 11 is 0. The van der Waals surface area contributed by atoms with Gasteiger partial charge < -0.3 is 20.1 Å². The molecule has 2 aromatic carbocycles. The minimum absolute atomic E-state index is 0.0207. The van der Waals surface area contributed by atoms with Gasteiger partial charge in [-0.15, -0.1) is 0 Å². The number of rotatable bonds is 10. The van der Waals surface area contributed by atoms with E-state index in [9.17, 15) is 8.42 Å². The van der Waals surface area contributed by atoms with E-state index in [0.29, 0.717) is 24.5 Å². The Balaban J connectivity index is 2.10. The summed E-state index contributed by atoms with van der Waals surface area (Å²) in [5.41, 5.74) is 11.4. The molecule has 3 rings (SSSR count). The molecule has 172 valence electrons. The third-order valence-corrected chi connectivity index (χ3v) is 6.79. The third kappa shape index (κ3) is 5.48. The van der Waals surface area contributed by atoms with Crippen molar-refractivity contribution in [1.29, 1.82) is 0 Å². The maximum absolute atomic E-state index is 11.9. The smallest absolute Gasteiger partial charge is 0.175 e. The number of aromatic nitrogens is 1. The summed E-state index contributed by atoms with van der Waals surface area (Å²) in [6.45, 7) is 5.08. The van der Waals surface area contributed by atoms with Gasteiger partial charge in [-0.25, -0.2) is 8.42 Å². The van der Waals surface area contributed by atoms with Gasteiger partial charge in [0.25, 0.3) is 0 Å². The molecule has 2 unspecified atom stereocenters. The van der Waals surface area contributed by atoms with Crippen LogP contribution in [-0.2, 0) is 14.6 Å². The number of hydrogen-bond donors (Lipinski definition) is 2. The van der Waals surface area contributed by atoms with Crippen molar-refractivity contribution >= 4 is 9.84 Å². The predicted molar refractivity (Wildman–Crippen MR) is 128 cm³/mol. The van der Waals surface area contributed by atoms with Gasteiger partial charge in [-0.1, -0.05) is 30.3 Å². The monoisotopic (exact) mass is 456 g/mol. The van der Waals surface area contributed by atoms with E-state index in [4.69, 9.17) is 15.6 Å². The zero-order chi connectivity index (χ0) is 23.3. The van der Waals surface area contributed by atoms with Crippen molar-refractivity contribution < 1.29 is 18.3 Å². The number of nitrogens with zero attached hydrogens (tertiary/aromatic N) is 1. The van der Waals surface area contributed by atoms with E-state index in [2.05, 4.69) is 17.6 Å². The number of sulfone groups is 1. The molecule has 6 nitrogen and oxygen atoms in total. The van der Waals surface area contributed by atoms with Crippen LogP contribution in [0.4, 0.5) is 0 Å². The summed E-state index contributed by atoms with van der Waals surface area (Å²) in [4.78, 5) is 0.293. The quantitative estimate of drug-likeness (QED) is 0.454. The molecule has 0 aliphatic rings. The molecule has 0 fully saturated rings. The van der Waals surface area contributed by atoms with Crippen LogP contribution in [0.3, 0.4) is 0 Å². The molecule has 1 aromatic heterocycles. The standard InChI is InChI=1S/C25H32N2O4S/c1-18(26)24(17-31-15-7-14-28)23-16-25(20-10-12-22(13-11-20)32(3,29)30)27(19(23)2)21-8-5-4-6-9-21/h4-6,8-13,16,18,24,28H,7,14-15,17,26H2,1-3H3. The highest BCUT2D eigenvalue weighted by Gasteiger charge is 2.24. The van der Waals surface area contributed by atoms with Crippen LogP contribution < -0.4 is 5.73 Å². The van der Waals surface area contributed by atoms with E-state index in [-0.39, 0.29) is 18.6 Å². The molecule has 0 saturated carbocycles. The Morgan fingerprint density at radius 2 is 1.75 bits per heavy atom. The number of aliphatic hydroxyl groups is 1. The zero-order valence-corrected chi connectivity index (χ0v) is 19.7. The number of ether oxygens (including phenoxy) is 1. The summed E-state index contributed by atoms with van der Waals surface area (Å²) in [6.07, 6.45) is 1.80. The average molecular weight is 457 g/mol. The van der Waals surface area contributed by atoms with Crippen molar-refractivity contribution in [1.82, 2.24) is 4.57 Å². The molecule has 0 spiro atoms. The van der Waals surface area contributed by atoms with Crippen LogP contribution in [0.1, 0.15) is 30.5 Å². The fourth-order valence-corrected chi connectivity index (χ4v) is 4.53. The first-order chi connectivity index (χ1) is 15.2. The van der Waals surface area contributed by atoms with E-state index >= 15 is 0 Å². The summed E-state index contributed by atoms with van der Waals surface area (Å²) in [6, 6.07) is 19.0. The van der Waals surface area contributed by atoms with Gasteiger partial charge in [-0.05, 0) is 61.7 Å². The van der Waals surface area contributed by atoms with E-state index < -0.39 is 9.84 Å². The number of hydrogen-bond acceptors (Lipinski definition) is 5. The second kappa shape index (κ2) is 10.4. The fourth-order valence-electron chi connectivity index (χ4n) is 3.90. The summed E-state index contributed by atoms with van der Waals surface area (Å²) in [5, 5.41) is 9.02. The first-order valence-corrected chi connectivity index (χ1v) is 12.7. The number of benzene rings is 2. The van der Waals surface area contributed by atoms with Crippen LogP contribution in [0.15, 0.2) is 65.6 Å². The molecule has 3 N–H and O–H groups in total. The van der Waals surface area contributed by atoms with Crippen molar-refractivity contribution in [2.24, 2.45) is 5.73 Å². The Labute approximate surface area is 190 Å². The minimum Gasteiger partial charge on any atom is -0.396 e. The maximum atomic E-state index is 11.9. The van der Waals surface area contributed by atoms with Gasteiger partial charge in [0.15, 0.2) is 9.84 Å². The molecular formula is C25H32N2O4S. The van der Waals surface area contributed by atoms with E-state index in [1.165, 1.54) is 6.26 Å². The van der Waals surface area contributed by atoms with Gasteiger partial charge in [0, 0.05) is 42.8 Å². The number of nitrogens with two attached hydrogens (primary N) is 1. The molecule has 0 bridgehead atoms. The second-order valence-corrected chi connectivity index (χ2v) is 10.2. The molecule has 0 saturated heterocycles. The molecule has 32 heavy (non-hydrogen) atoms. The Bertz CT molecular complexity index is 1120. The van der Waals surface area contributed by atoms with Gasteiger partial charge in [-0.2, -0.15) is 0 Å². The summed E-state index contributed by atoms with van der Waals surface area (Å²) < 4.78 is 31.8. The molecular weight excluding hydrogens is 424 g/mol. The normalized spacial score (nSPS) is 13.8. The molecule has 2 atom stereocenters. The van der Waals surface area contributed by atoms with Crippen LogP contribution in [-0.4, -0.2) is 50.2 Å². The van der Waals surface area contributed by atoms with Crippen LogP contribution in [0.25, 0.3) is 16.9 Å². The van der Waals surface area contributed by atoms with Crippen molar-refractivity contribution in [3.63, 3.8) is 0 Å². The molecule has 7 heteroatoms. The van der Waals surface area contributed by atoms with Gasteiger partial charge in [0.2, 0.25) is 0 Å². The van der Waals surface area contributed by atoms with Crippen molar-refractivity contribution in [3.8, 4) is 16.9 Å². The highest BCUT2D eigenvalue weighted by molar-refractivity contribution is 7.90. The highest BCUT2D eigenvalue weighted by atomic mass is 32.2. The van der Waals surface area contributed by atoms with E-state index in [0.717, 1.165) is 28.2 Å². The van der Waals surface area contributed by atoms with Crippen LogP contribution in [0.5, 0.6) is 0 Å². The van der Waals surface area contributed by atoms with Gasteiger partial charge in [0.05, 0.1) is 17.2 Å². The third-order valence-electron chi connectivity index (χ3n) is 5.66. The largest absolute Gasteiger partial charge is 0.396 e. The van der Waals surface area contributed by atoms with Gasteiger partial charge >= 0.3 is 0 Å². The lowest BCUT2D eigenvalue weighted by Crippen LogP contribution is -2.29.